The predicted octanol–water partition coefficient (Wildman–Crippen LogP) is 0.265. The molecule has 0 aromatic heterocycles. The molecule has 0 fully saturated rings. The largest absolute Gasteiger partial charge is 1.00 e. The molecule has 0 atom stereocenters. The molecule has 0 aliphatic heterocycles. The van der Waals surface area contributed by atoms with Crippen LogP contribution in [-0.2, 0) is 0 Å². The SMILES string of the molecule is Cc1ccc2ccccc2c1.[H-].[Li+]. The molecule has 0 unspecified atom stereocenters. The van der Waals surface area contributed by atoms with Crippen LogP contribution >= 0.6 is 0 Å². The van der Waals surface area contributed by atoms with Crippen LogP contribution < -0.4 is 18.9 Å². The van der Waals surface area contributed by atoms with Gasteiger partial charge >= 0.3 is 18.9 Å². The van der Waals surface area contributed by atoms with E-state index < -0.39 is 0 Å². The van der Waals surface area contributed by atoms with Crippen LogP contribution in [0, 0.1) is 6.92 Å². The van der Waals surface area contributed by atoms with Crippen molar-refractivity contribution in [2.24, 2.45) is 0 Å². The second-order valence-corrected chi connectivity index (χ2v) is 2.85. The summed E-state index contributed by atoms with van der Waals surface area (Å²) >= 11 is 0. The van der Waals surface area contributed by atoms with Crippen LogP contribution in [0.3, 0.4) is 0 Å². The van der Waals surface area contributed by atoms with Gasteiger partial charge in [-0.3, -0.25) is 0 Å². The molecule has 0 N–H and O–H groups in total. The molecule has 2 aromatic rings. The van der Waals surface area contributed by atoms with Gasteiger partial charge in [0, 0.05) is 0 Å². The summed E-state index contributed by atoms with van der Waals surface area (Å²) in [6.07, 6.45) is 0. The fourth-order valence-electron chi connectivity index (χ4n) is 1.31. The Bertz CT molecular complexity index is 385. The van der Waals surface area contributed by atoms with Crippen LogP contribution in [-0.4, -0.2) is 0 Å². The quantitative estimate of drug-likeness (QED) is 0.473. The third-order valence-corrected chi connectivity index (χ3v) is 1.90. The van der Waals surface area contributed by atoms with Crippen molar-refractivity contribution in [2.45, 2.75) is 6.92 Å². The molecule has 12 heavy (non-hydrogen) atoms. The fourth-order valence-corrected chi connectivity index (χ4v) is 1.31. The number of aryl methyl sites for hydroxylation is 1. The van der Waals surface area contributed by atoms with Gasteiger partial charge in [0.25, 0.3) is 0 Å². The molecule has 2 rings (SSSR count). The summed E-state index contributed by atoms with van der Waals surface area (Å²) in [6.45, 7) is 2.12. The van der Waals surface area contributed by atoms with Gasteiger partial charge in [-0.05, 0) is 17.7 Å². The average molecular weight is 150 g/mol. The third-order valence-electron chi connectivity index (χ3n) is 1.90. The Hall–Kier alpha value is -0.703. The van der Waals surface area contributed by atoms with Gasteiger partial charge in [0.2, 0.25) is 0 Å². The van der Waals surface area contributed by atoms with E-state index in [2.05, 4.69) is 49.4 Å². The molecule has 2 aromatic carbocycles. The molecule has 0 heterocycles. The summed E-state index contributed by atoms with van der Waals surface area (Å²) < 4.78 is 0. The van der Waals surface area contributed by atoms with Gasteiger partial charge in [0.1, 0.15) is 0 Å². The smallest absolute Gasteiger partial charge is 1.00 e. The van der Waals surface area contributed by atoms with Crippen molar-refractivity contribution in [3.05, 3.63) is 48.0 Å². The molecule has 1 heteroatoms. The molecule has 0 spiro atoms. The van der Waals surface area contributed by atoms with Gasteiger partial charge in [-0.25, -0.2) is 0 Å². The normalized spacial score (nSPS) is 9.42. The molecule has 0 aliphatic carbocycles. The third kappa shape index (κ3) is 1.72. The maximum Gasteiger partial charge on any atom is 1.00 e. The summed E-state index contributed by atoms with van der Waals surface area (Å²) in [7, 11) is 0. The van der Waals surface area contributed by atoms with Gasteiger partial charge in [0.15, 0.2) is 0 Å². The van der Waals surface area contributed by atoms with Crippen LogP contribution in [0.5, 0.6) is 0 Å². The summed E-state index contributed by atoms with van der Waals surface area (Å²) in [5, 5.41) is 2.64. The number of hydrogen-bond donors (Lipinski definition) is 0. The Labute approximate surface area is 86.3 Å². The van der Waals surface area contributed by atoms with Crippen LogP contribution in [0.1, 0.15) is 6.99 Å². The molecular weight excluding hydrogens is 139 g/mol. The summed E-state index contributed by atoms with van der Waals surface area (Å²) in [4.78, 5) is 0. The first-order valence-electron chi connectivity index (χ1n) is 3.82. The van der Waals surface area contributed by atoms with E-state index >= 15 is 0 Å². The maximum absolute atomic E-state index is 2.20. The van der Waals surface area contributed by atoms with Gasteiger partial charge in [0.05, 0.1) is 0 Å². The van der Waals surface area contributed by atoms with E-state index in [1.807, 2.05) is 0 Å². The van der Waals surface area contributed by atoms with Crippen LogP contribution in [0.15, 0.2) is 42.5 Å². The first-order chi connectivity index (χ1) is 5.36. The summed E-state index contributed by atoms with van der Waals surface area (Å²) in [5.74, 6) is 0. The van der Waals surface area contributed by atoms with Crippen molar-refractivity contribution in [3.63, 3.8) is 0 Å². The Morgan fingerprint density at radius 3 is 2.33 bits per heavy atom. The van der Waals surface area contributed by atoms with Crippen LogP contribution in [0.2, 0.25) is 0 Å². The molecule has 0 aliphatic rings. The van der Waals surface area contributed by atoms with Crippen molar-refractivity contribution < 1.29 is 20.3 Å². The van der Waals surface area contributed by atoms with E-state index in [0.717, 1.165) is 0 Å². The monoisotopic (exact) mass is 150 g/mol. The van der Waals surface area contributed by atoms with E-state index in [0.29, 0.717) is 0 Å². The van der Waals surface area contributed by atoms with E-state index in [-0.39, 0.29) is 20.3 Å². The molecular formula is C11H11Li. The van der Waals surface area contributed by atoms with E-state index in [1.54, 1.807) is 0 Å². The van der Waals surface area contributed by atoms with Crippen molar-refractivity contribution in [2.75, 3.05) is 0 Å². The minimum absolute atomic E-state index is 0. The minimum atomic E-state index is 0. The minimum Gasteiger partial charge on any atom is -1.00 e. The van der Waals surface area contributed by atoms with Crippen LogP contribution in [0.4, 0.5) is 0 Å². The molecule has 0 saturated carbocycles. The average Bonchev–Trinajstić information content (AvgIpc) is 2.04. The van der Waals surface area contributed by atoms with Gasteiger partial charge in [-0.2, -0.15) is 0 Å². The van der Waals surface area contributed by atoms with Crippen molar-refractivity contribution in [1.82, 2.24) is 0 Å². The van der Waals surface area contributed by atoms with E-state index in [4.69, 9.17) is 0 Å². The van der Waals surface area contributed by atoms with Crippen molar-refractivity contribution >= 4 is 10.8 Å². The molecule has 0 bridgehead atoms. The zero-order chi connectivity index (χ0) is 7.68. The standard InChI is InChI=1S/C11H10.Li.H/c1-9-6-7-10-4-2-3-5-11(10)8-9;;/h2-8H,1H3;;/q;+1;-1. The number of rotatable bonds is 0. The summed E-state index contributed by atoms with van der Waals surface area (Å²) in [6, 6.07) is 14.9. The summed E-state index contributed by atoms with van der Waals surface area (Å²) in [5.41, 5.74) is 1.32. The Morgan fingerprint density at radius 1 is 0.917 bits per heavy atom. The number of benzene rings is 2. The zero-order valence-electron chi connectivity index (χ0n) is 8.54. The van der Waals surface area contributed by atoms with Gasteiger partial charge < -0.3 is 1.43 Å². The zero-order valence-corrected chi connectivity index (χ0v) is 7.54. The second-order valence-electron chi connectivity index (χ2n) is 2.85. The number of fused-ring (bicyclic) bond motifs is 1. The topological polar surface area (TPSA) is 0 Å². The predicted molar refractivity (Wildman–Crippen MR) is 49.8 cm³/mol. The van der Waals surface area contributed by atoms with Crippen molar-refractivity contribution in [1.29, 1.82) is 0 Å². The van der Waals surface area contributed by atoms with E-state index in [9.17, 15) is 0 Å². The van der Waals surface area contributed by atoms with Gasteiger partial charge in [-0.15, -0.1) is 0 Å². The Kier molecular flexibility index (Phi) is 2.98. The maximum atomic E-state index is 2.20. The van der Waals surface area contributed by atoms with Crippen molar-refractivity contribution in [3.8, 4) is 0 Å². The molecule has 0 nitrogen and oxygen atoms in total. The van der Waals surface area contributed by atoms with E-state index in [1.165, 1.54) is 16.3 Å². The fraction of sp³-hybridized carbons (Fsp3) is 0.0909. The molecule has 0 saturated heterocycles. The van der Waals surface area contributed by atoms with Gasteiger partial charge in [-0.1, -0.05) is 48.0 Å². The second kappa shape index (κ2) is 3.80. The molecule has 0 amide bonds. The molecule has 0 radical (unpaired) electrons. The Balaban J connectivity index is 0.000000720. The first kappa shape index (κ1) is 9.39. The number of hydrogen-bond acceptors (Lipinski definition) is 0. The van der Waals surface area contributed by atoms with Crippen LogP contribution in [0.25, 0.3) is 10.8 Å². The first-order valence-corrected chi connectivity index (χ1v) is 3.82. The molecule has 56 valence electrons. The Morgan fingerprint density at radius 2 is 1.58 bits per heavy atom.